The molecule has 0 atom stereocenters. The van der Waals surface area contributed by atoms with Crippen LogP contribution in [0.4, 0.5) is 0 Å². The first-order chi connectivity index (χ1) is 15.6. The summed E-state index contributed by atoms with van der Waals surface area (Å²) < 4.78 is 1.90. The van der Waals surface area contributed by atoms with Crippen LogP contribution in [0.15, 0.2) is 84.0 Å². The number of hydrogen-bond donors (Lipinski definition) is 1. The van der Waals surface area contributed by atoms with Gasteiger partial charge >= 0.3 is 5.97 Å². The van der Waals surface area contributed by atoms with Crippen LogP contribution in [0.3, 0.4) is 0 Å². The summed E-state index contributed by atoms with van der Waals surface area (Å²) in [5.41, 5.74) is 3.08. The van der Waals surface area contributed by atoms with Crippen LogP contribution >= 0.6 is 23.4 Å². The molecule has 0 aliphatic rings. The van der Waals surface area contributed by atoms with E-state index in [1.807, 2.05) is 34.9 Å². The largest absolute Gasteiger partial charge is 0.478 e. The van der Waals surface area contributed by atoms with E-state index in [1.165, 1.54) is 5.56 Å². The second-order valence-electron chi connectivity index (χ2n) is 7.30. The summed E-state index contributed by atoms with van der Waals surface area (Å²) in [6.45, 7) is 0. The lowest BCUT2D eigenvalue weighted by Crippen LogP contribution is -2.03. The molecule has 5 nitrogen and oxygen atoms in total. The molecule has 1 aromatic heterocycles. The Morgan fingerprint density at radius 2 is 1.75 bits per heavy atom. The number of nitrogens with zero attached hydrogens (tertiary/aromatic N) is 3. The van der Waals surface area contributed by atoms with E-state index < -0.39 is 5.97 Å². The van der Waals surface area contributed by atoms with Gasteiger partial charge in [-0.2, -0.15) is 0 Å². The fraction of sp³-hybridized carbons (Fsp3) is 0.160. The average Bonchev–Trinajstić information content (AvgIpc) is 3.23. The van der Waals surface area contributed by atoms with Gasteiger partial charge in [-0.3, -0.25) is 4.57 Å². The highest BCUT2D eigenvalue weighted by Gasteiger charge is 2.17. The van der Waals surface area contributed by atoms with E-state index in [2.05, 4.69) is 34.5 Å². The molecule has 0 unspecified atom stereocenters. The van der Waals surface area contributed by atoms with Gasteiger partial charge in [0, 0.05) is 16.3 Å². The fourth-order valence-electron chi connectivity index (χ4n) is 3.43. The Kier molecular flexibility index (Phi) is 7.24. The van der Waals surface area contributed by atoms with Crippen LogP contribution in [-0.4, -0.2) is 31.6 Å². The lowest BCUT2D eigenvalue weighted by Gasteiger charge is -2.11. The predicted octanol–water partition coefficient (Wildman–Crippen LogP) is 6.40. The maximum absolute atomic E-state index is 11.5. The van der Waals surface area contributed by atoms with Crippen molar-refractivity contribution in [3.8, 4) is 17.1 Å². The molecule has 0 aliphatic heterocycles. The van der Waals surface area contributed by atoms with E-state index in [4.69, 9.17) is 11.6 Å². The first kappa shape index (κ1) is 22.1. The smallest absolute Gasteiger partial charge is 0.335 e. The molecule has 0 radical (unpaired) electrons. The molecule has 0 aliphatic carbocycles. The zero-order valence-electron chi connectivity index (χ0n) is 17.3. The zero-order valence-corrected chi connectivity index (χ0v) is 18.9. The number of benzene rings is 3. The van der Waals surface area contributed by atoms with Crippen molar-refractivity contribution in [2.75, 3.05) is 5.75 Å². The Morgan fingerprint density at radius 1 is 0.938 bits per heavy atom. The van der Waals surface area contributed by atoms with Crippen molar-refractivity contribution < 1.29 is 9.90 Å². The van der Waals surface area contributed by atoms with Gasteiger partial charge in [0.05, 0.1) is 11.3 Å². The van der Waals surface area contributed by atoms with Crippen LogP contribution in [0.25, 0.3) is 17.1 Å². The molecule has 0 spiro atoms. The van der Waals surface area contributed by atoms with Gasteiger partial charge in [0.1, 0.15) is 0 Å². The summed E-state index contributed by atoms with van der Waals surface area (Å²) in [7, 11) is 0. The Labute approximate surface area is 196 Å². The molecule has 1 heterocycles. The molecular formula is C25H22ClN3O2S. The molecule has 162 valence electrons. The first-order valence-electron chi connectivity index (χ1n) is 10.3. The van der Waals surface area contributed by atoms with Gasteiger partial charge in [0.2, 0.25) is 0 Å². The number of hydrogen-bond acceptors (Lipinski definition) is 4. The van der Waals surface area contributed by atoms with Gasteiger partial charge in [-0.25, -0.2) is 4.79 Å². The SMILES string of the molecule is O=C(O)c1cccc(-n2c(SCCCCc3ccccc3)nnc2-c2cccc(Cl)c2)c1. The van der Waals surface area contributed by atoms with Gasteiger partial charge < -0.3 is 5.11 Å². The highest BCUT2D eigenvalue weighted by atomic mass is 35.5. The Hall–Kier alpha value is -3.09. The van der Waals surface area contributed by atoms with Crippen molar-refractivity contribution >= 4 is 29.3 Å². The topological polar surface area (TPSA) is 68.0 Å². The summed E-state index contributed by atoms with van der Waals surface area (Å²) in [6.07, 6.45) is 3.16. The summed E-state index contributed by atoms with van der Waals surface area (Å²) in [4.78, 5) is 11.5. The van der Waals surface area contributed by atoms with Crippen molar-refractivity contribution in [3.63, 3.8) is 0 Å². The lowest BCUT2D eigenvalue weighted by molar-refractivity contribution is 0.0697. The van der Waals surface area contributed by atoms with Crippen molar-refractivity contribution in [1.29, 1.82) is 0 Å². The van der Waals surface area contributed by atoms with Gasteiger partial charge in [0.15, 0.2) is 11.0 Å². The highest BCUT2D eigenvalue weighted by Crippen LogP contribution is 2.30. The third-order valence-electron chi connectivity index (χ3n) is 5.00. The van der Waals surface area contributed by atoms with Crippen molar-refractivity contribution in [2.45, 2.75) is 24.4 Å². The second-order valence-corrected chi connectivity index (χ2v) is 8.80. The predicted molar refractivity (Wildman–Crippen MR) is 129 cm³/mol. The van der Waals surface area contributed by atoms with Crippen LogP contribution in [0.5, 0.6) is 0 Å². The van der Waals surface area contributed by atoms with Gasteiger partial charge in [0.25, 0.3) is 0 Å². The maximum Gasteiger partial charge on any atom is 0.335 e. The monoisotopic (exact) mass is 463 g/mol. The Morgan fingerprint density at radius 3 is 2.53 bits per heavy atom. The van der Waals surface area contributed by atoms with Crippen LogP contribution in [0.2, 0.25) is 5.02 Å². The highest BCUT2D eigenvalue weighted by molar-refractivity contribution is 7.99. The number of unbranched alkanes of at least 4 members (excludes halogenated alkanes) is 1. The molecule has 0 saturated heterocycles. The number of carbonyl (C=O) groups is 1. The van der Waals surface area contributed by atoms with Crippen molar-refractivity contribution in [2.24, 2.45) is 0 Å². The van der Waals surface area contributed by atoms with E-state index in [0.717, 1.165) is 35.7 Å². The van der Waals surface area contributed by atoms with Crippen molar-refractivity contribution in [3.05, 3.63) is 95.0 Å². The van der Waals surface area contributed by atoms with E-state index in [1.54, 1.807) is 36.0 Å². The normalized spacial score (nSPS) is 10.9. The molecule has 4 rings (SSSR count). The maximum atomic E-state index is 11.5. The Balaban J connectivity index is 1.56. The summed E-state index contributed by atoms with van der Waals surface area (Å²) in [5.74, 6) is 0.542. The van der Waals surface area contributed by atoms with Gasteiger partial charge in [-0.05, 0) is 55.2 Å². The van der Waals surface area contributed by atoms with Crippen LogP contribution in [0.1, 0.15) is 28.8 Å². The van der Waals surface area contributed by atoms with Crippen molar-refractivity contribution in [1.82, 2.24) is 14.8 Å². The third-order valence-corrected chi connectivity index (χ3v) is 6.25. The number of halogens is 1. The van der Waals surface area contributed by atoms with Gasteiger partial charge in [-0.15, -0.1) is 10.2 Å². The molecule has 0 saturated carbocycles. The lowest BCUT2D eigenvalue weighted by atomic mass is 10.1. The molecule has 7 heteroatoms. The number of carboxylic acids is 1. The molecule has 3 aromatic carbocycles. The molecule has 0 bridgehead atoms. The van der Waals surface area contributed by atoms with E-state index in [0.29, 0.717) is 16.5 Å². The summed E-state index contributed by atoms with van der Waals surface area (Å²) in [5, 5.41) is 19.6. The minimum Gasteiger partial charge on any atom is -0.478 e. The van der Waals surface area contributed by atoms with E-state index in [-0.39, 0.29) is 5.56 Å². The molecule has 0 fully saturated rings. The van der Waals surface area contributed by atoms with Gasteiger partial charge in [-0.1, -0.05) is 71.9 Å². The zero-order chi connectivity index (χ0) is 22.3. The molecule has 1 N–H and O–H groups in total. The number of rotatable bonds is 9. The van der Waals surface area contributed by atoms with Crippen LogP contribution in [0, 0.1) is 0 Å². The number of carboxylic acid groups (broad SMARTS) is 1. The summed E-state index contributed by atoms with van der Waals surface area (Å²) >= 11 is 7.82. The average molecular weight is 464 g/mol. The third kappa shape index (κ3) is 5.39. The first-order valence-corrected chi connectivity index (χ1v) is 11.7. The molecular weight excluding hydrogens is 442 g/mol. The summed E-state index contributed by atoms with van der Waals surface area (Å²) in [6, 6.07) is 24.7. The number of aromatic carboxylic acids is 1. The number of aromatic nitrogens is 3. The standard InChI is InChI=1S/C25H22ClN3O2S/c26-21-13-6-11-19(16-21)23-27-28-25(29(23)22-14-7-12-20(17-22)24(30)31)32-15-5-4-10-18-8-2-1-3-9-18/h1-3,6-9,11-14,16-17H,4-5,10,15H2,(H,30,31). The second kappa shape index (κ2) is 10.5. The van der Waals surface area contributed by atoms with Crippen LogP contribution < -0.4 is 0 Å². The quantitative estimate of drug-likeness (QED) is 0.230. The van der Waals surface area contributed by atoms with E-state index in [9.17, 15) is 9.90 Å². The Bertz CT molecular complexity index is 1210. The molecule has 0 amide bonds. The molecule has 4 aromatic rings. The van der Waals surface area contributed by atoms with E-state index >= 15 is 0 Å². The van der Waals surface area contributed by atoms with Crippen LogP contribution in [-0.2, 0) is 6.42 Å². The number of aryl methyl sites for hydroxylation is 1. The fourth-order valence-corrected chi connectivity index (χ4v) is 4.57. The number of thioether (sulfide) groups is 1. The minimum atomic E-state index is -0.973. The minimum absolute atomic E-state index is 0.215. The molecule has 32 heavy (non-hydrogen) atoms.